The van der Waals surface area contributed by atoms with Crippen LogP contribution in [0.4, 0.5) is 4.39 Å². The number of aromatic nitrogens is 2. The van der Waals surface area contributed by atoms with Gasteiger partial charge in [0.25, 0.3) is 5.91 Å². The SMILES string of the molecule is CCO[C@H](C)[C@H](NC(=O)[C@H](C)CC)C(=O)N1CCC[C@H]1CN(CCc1ccc(F)cc1)C(=O)c1cn(C)cn1. The number of nitrogens with one attached hydrogen (secondary N) is 1. The van der Waals surface area contributed by atoms with E-state index in [4.69, 9.17) is 4.74 Å². The Morgan fingerprint density at radius 1 is 1.21 bits per heavy atom. The van der Waals surface area contributed by atoms with Crippen LogP contribution in [0.2, 0.25) is 0 Å². The lowest BCUT2D eigenvalue weighted by Gasteiger charge is -2.34. The quantitative estimate of drug-likeness (QED) is 0.419. The molecule has 3 rings (SSSR count). The zero-order chi connectivity index (χ0) is 28.5. The van der Waals surface area contributed by atoms with Crippen molar-refractivity contribution in [1.82, 2.24) is 24.7 Å². The average molecular weight is 544 g/mol. The van der Waals surface area contributed by atoms with Gasteiger partial charge < -0.3 is 24.4 Å². The van der Waals surface area contributed by atoms with Gasteiger partial charge in [-0.05, 0) is 57.2 Å². The molecule has 0 unspecified atom stereocenters. The first-order valence-electron chi connectivity index (χ1n) is 13.9. The van der Waals surface area contributed by atoms with Gasteiger partial charge in [-0.1, -0.05) is 26.0 Å². The predicted molar refractivity (Wildman–Crippen MR) is 146 cm³/mol. The summed E-state index contributed by atoms with van der Waals surface area (Å²) in [5.41, 5.74) is 1.24. The number of carbonyl (C=O) groups is 3. The third-order valence-electron chi connectivity index (χ3n) is 7.41. The van der Waals surface area contributed by atoms with Crippen molar-refractivity contribution in [2.45, 2.75) is 71.6 Å². The Morgan fingerprint density at radius 2 is 1.92 bits per heavy atom. The van der Waals surface area contributed by atoms with Gasteiger partial charge >= 0.3 is 0 Å². The number of benzene rings is 1. The van der Waals surface area contributed by atoms with Gasteiger partial charge in [-0.15, -0.1) is 0 Å². The Morgan fingerprint density at radius 3 is 2.54 bits per heavy atom. The number of hydrogen-bond acceptors (Lipinski definition) is 5. The first-order chi connectivity index (χ1) is 18.6. The number of ether oxygens (including phenoxy) is 1. The van der Waals surface area contributed by atoms with Gasteiger partial charge in [-0.25, -0.2) is 9.37 Å². The van der Waals surface area contributed by atoms with E-state index < -0.39 is 12.1 Å². The summed E-state index contributed by atoms with van der Waals surface area (Å²) < 4.78 is 20.9. The topological polar surface area (TPSA) is 96.8 Å². The molecule has 1 aromatic heterocycles. The smallest absolute Gasteiger partial charge is 0.274 e. The van der Waals surface area contributed by atoms with Gasteiger partial charge in [-0.2, -0.15) is 0 Å². The van der Waals surface area contributed by atoms with E-state index in [0.717, 1.165) is 18.4 Å². The fourth-order valence-corrected chi connectivity index (χ4v) is 4.84. The summed E-state index contributed by atoms with van der Waals surface area (Å²) in [6, 6.07) is 5.21. The van der Waals surface area contributed by atoms with Gasteiger partial charge in [0.15, 0.2) is 0 Å². The highest BCUT2D eigenvalue weighted by atomic mass is 19.1. The number of carbonyl (C=O) groups excluding carboxylic acids is 3. The highest BCUT2D eigenvalue weighted by Crippen LogP contribution is 2.22. The molecule has 1 fully saturated rings. The van der Waals surface area contributed by atoms with Crippen LogP contribution in [-0.4, -0.2) is 81.5 Å². The molecule has 0 bridgehead atoms. The number of halogens is 1. The lowest BCUT2D eigenvalue weighted by molar-refractivity contribution is -0.142. The van der Waals surface area contributed by atoms with Gasteiger partial charge in [0.1, 0.15) is 17.6 Å². The van der Waals surface area contributed by atoms with Crippen molar-refractivity contribution >= 4 is 17.7 Å². The monoisotopic (exact) mass is 543 g/mol. The summed E-state index contributed by atoms with van der Waals surface area (Å²) in [7, 11) is 1.80. The van der Waals surface area contributed by atoms with E-state index in [1.165, 1.54) is 12.1 Å². The van der Waals surface area contributed by atoms with E-state index in [2.05, 4.69) is 10.3 Å². The first-order valence-corrected chi connectivity index (χ1v) is 13.9. The van der Waals surface area contributed by atoms with Crippen molar-refractivity contribution in [3.63, 3.8) is 0 Å². The largest absolute Gasteiger partial charge is 0.376 e. The summed E-state index contributed by atoms with van der Waals surface area (Å²) in [5, 5.41) is 2.93. The van der Waals surface area contributed by atoms with Crippen LogP contribution in [0, 0.1) is 11.7 Å². The summed E-state index contributed by atoms with van der Waals surface area (Å²) in [4.78, 5) is 47.8. The van der Waals surface area contributed by atoms with Crippen molar-refractivity contribution in [1.29, 1.82) is 0 Å². The molecule has 1 aliphatic rings. The minimum Gasteiger partial charge on any atom is -0.376 e. The molecule has 0 radical (unpaired) electrons. The van der Waals surface area contributed by atoms with Gasteiger partial charge in [-0.3, -0.25) is 14.4 Å². The Bertz CT molecular complexity index is 1110. The maximum absolute atomic E-state index is 13.8. The summed E-state index contributed by atoms with van der Waals surface area (Å²) in [6.07, 6.45) is 5.50. The maximum atomic E-state index is 13.8. The molecular formula is C29H42FN5O4. The summed E-state index contributed by atoms with van der Waals surface area (Å²) >= 11 is 0. The van der Waals surface area contributed by atoms with Crippen molar-refractivity contribution in [3.8, 4) is 0 Å². The van der Waals surface area contributed by atoms with Crippen molar-refractivity contribution < 1.29 is 23.5 Å². The van der Waals surface area contributed by atoms with Crippen molar-refractivity contribution in [2.24, 2.45) is 13.0 Å². The minimum absolute atomic E-state index is 0.176. The molecule has 214 valence electrons. The van der Waals surface area contributed by atoms with Crippen LogP contribution >= 0.6 is 0 Å². The lowest BCUT2D eigenvalue weighted by Crippen LogP contribution is -2.57. The molecule has 0 spiro atoms. The molecule has 1 aliphatic heterocycles. The second-order valence-corrected chi connectivity index (χ2v) is 10.3. The number of imidazole rings is 1. The van der Waals surface area contributed by atoms with Crippen LogP contribution in [0.5, 0.6) is 0 Å². The Balaban J connectivity index is 1.80. The van der Waals surface area contributed by atoms with Gasteiger partial charge in [0.05, 0.1) is 12.4 Å². The molecule has 0 aliphatic carbocycles. The van der Waals surface area contributed by atoms with Gasteiger partial charge in [0, 0.05) is 51.4 Å². The molecule has 4 atom stereocenters. The third kappa shape index (κ3) is 8.11. The highest BCUT2D eigenvalue weighted by molar-refractivity contribution is 5.92. The maximum Gasteiger partial charge on any atom is 0.274 e. The number of aryl methyl sites for hydroxylation is 1. The Kier molecular flexibility index (Phi) is 11.0. The fraction of sp³-hybridized carbons (Fsp3) is 0.586. The number of hydrogen-bond donors (Lipinski definition) is 1. The van der Waals surface area contributed by atoms with Crippen LogP contribution in [0.15, 0.2) is 36.8 Å². The minimum atomic E-state index is -0.814. The Hall–Kier alpha value is -3.27. The van der Waals surface area contributed by atoms with Crippen LogP contribution in [0.1, 0.15) is 63.0 Å². The lowest BCUT2D eigenvalue weighted by atomic mass is 10.1. The molecule has 10 heteroatoms. The zero-order valence-electron chi connectivity index (χ0n) is 23.7. The van der Waals surface area contributed by atoms with Gasteiger partial charge in [0.2, 0.25) is 11.8 Å². The van der Waals surface area contributed by atoms with Crippen LogP contribution in [-0.2, 0) is 27.8 Å². The molecule has 1 saturated heterocycles. The van der Waals surface area contributed by atoms with Crippen LogP contribution < -0.4 is 5.32 Å². The summed E-state index contributed by atoms with van der Waals surface area (Å²) in [6.45, 7) is 9.11. The standard InChI is InChI=1S/C29H42FN5O4/c1-6-20(3)27(36)32-26(21(4)39-7-2)29(38)35-15-8-9-24(35)17-34(28(37)25-18-33(5)19-31-25)16-14-22-10-12-23(30)13-11-22/h10-13,18-21,24,26H,6-9,14-17H2,1-5H3,(H,32,36)/t20-,21-,24+,26+/m1/s1. The first kappa shape index (κ1) is 30.3. The van der Waals surface area contributed by atoms with Crippen molar-refractivity contribution in [3.05, 3.63) is 53.9 Å². The summed E-state index contributed by atoms with van der Waals surface area (Å²) in [5.74, 6) is -1.12. The highest BCUT2D eigenvalue weighted by Gasteiger charge is 2.38. The second kappa shape index (κ2) is 14.2. The third-order valence-corrected chi connectivity index (χ3v) is 7.41. The molecule has 9 nitrogen and oxygen atoms in total. The van der Waals surface area contributed by atoms with E-state index in [1.807, 2.05) is 20.8 Å². The van der Waals surface area contributed by atoms with E-state index >= 15 is 0 Å². The molecule has 39 heavy (non-hydrogen) atoms. The van der Waals surface area contributed by atoms with E-state index in [-0.39, 0.29) is 35.5 Å². The van der Waals surface area contributed by atoms with Crippen LogP contribution in [0.25, 0.3) is 0 Å². The second-order valence-electron chi connectivity index (χ2n) is 10.3. The molecular weight excluding hydrogens is 501 g/mol. The number of nitrogens with zero attached hydrogens (tertiary/aromatic N) is 4. The molecule has 1 N–H and O–H groups in total. The normalized spacial score (nSPS) is 17.5. The molecule has 2 aromatic rings. The Labute approximate surface area is 230 Å². The van der Waals surface area contributed by atoms with E-state index in [1.54, 1.807) is 53.0 Å². The number of likely N-dealkylation sites (tertiary alicyclic amines) is 1. The van der Waals surface area contributed by atoms with Crippen LogP contribution in [0.3, 0.4) is 0 Å². The number of rotatable bonds is 13. The fourth-order valence-electron chi connectivity index (χ4n) is 4.84. The molecule has 3 amide bonds. The van der Waals surface area contributed by atoms with E-state index in [0.29, 0.717) is 44.8 Å². The number of amides is 3. The molecule has 0 saturated carbocycles. The molecule has 1 aromatic carbocycles. The predicted octanol–water partition coefficient (Wildman–Crippen LogP) is 3.19. The molecule has 2 heterocycles. The zero-order valence-corrected chi connectivity index (χ0v) is 23.7. The average Bonchev–Trinajstić information content (AvgIpc) is 3.58. The van der Waals surface area contributed by atoms with Crippen molar-refractivity contribution in [2.75, 3.05) is 26.2 Å². The van der Waals surface area contributed by atoms with E-state index in [9.17, 15) is 18.8 Å².